The van der Waals surface area contributed by atoms with Crippen LogP contribution in [0.3, 0.4) is 0 Å². The number of hydrogen-bond donors (Lipinski definition) is 0. The lowest BCUT2D eigenvalue weighted by atomic mass is 10.2. The monoisotopic (exact) mass is 325 g/mol. The van der Waals surface area contributed by atoms with Crippen LogP contribution in [-0.4, -0.2) is 9.55 Å². The van der Waals surface area contributed by atoms with Crippen molar-refractivity contribution in [3.05, 3.63) is 77.1 Å². The number of thioether (sulfide) groups is 1. The first-order valence-electron chi connectivity index (χ1n) is 6.67. The highest BCUT2D eigenvalue weighted by Gasteiger charge is 2.07. The van der Waals surface area contributed by atoms with E-state index in [2.05, 4.69) is 11.1 Å². The molecule has 1 heterocycles. The van der Waals surface area contributed by atoms with Gasteiger partial charge in [-0.1, -0.05) is 41.6 Å². The molecule has 0 radical (unpaired) electrons. The number of aromatic nitrogens is 2. The zero-order valence-electron chi connectivity index (χ0n) is 11.6. The zero-order chi connectivity index (χ0) is 15.4. The normalized spacial score (nSPS) is 10.4. The minimum Gasteiger partial charge on any atom is -0.295 e. The SMILES string of the molecule is N#Cc1cccc(CSc2nccn2-c2cccc(Cl)c2)c1. The molecule has 0 spiro atoms. The van der Waals surface area contributed by atoms with Crippen LogP contribution in [-0.2, 0) is 5.75 Å². The summed E-state index contributed by atoms with van der Waals surface area (Å²) in [6.45, 7) is 0. The Morgan fingerprint density at radius 2 is 2.05 bits per heavy atom. The smallest absolute Gasteiger partial charge is 0.172 e. The summed E-state index contributed by atoms with van der Waals surface area (Å²) in [6.07, 6.45) is 3.69. The summed E-state index contributed by atoms with van der Waals surface area (Å²) in [6, 6.07) is 17.5. The minimum atomic E-state index is 0.677. The summed E-state index contributed by atoms with van der Waals surface area (Å²) in [5.41, 5.74) is 2.76. The van der Waals surface area contributed by atoms with Gasteiger partial charge in [0.25, 0.3) is 0 Å². The lowest BCUT2D eigenvalue weighted by Gasteiger charge is -2.08. The second kappa shape index (κ2) is 6.69. The van der Waals surface area contributed by atoms with Gasteiger partial charge in [0.2, 0.25) is 0 Å². The Morgan fingerprint density at radius 3 is 2.86 bits per heavy atom. The van der Waals surface area contributed by atoms with Crippen molar-refractivity contribution in [2.45, 2.75) is 10.9 Å². The van der Waals surface area contributed by atoms with Crippen LogP contribution in [0.2, 0.25) is 5.02 Å². The lowest BCUT2D eigenvalue weighted by molar-refractivity contribution is 0.895. The molecule has 3 rings (SSSR count). The third-order valence-corrected chi connectivity index (χ3v) is 4.39. The van der Waals surface area contributed by atoms with Crippen molar-refractivity contribution in [1.82, 2.24) is 9.55 Å². The summed E-state index contributed by atoms with van der Waals surface area (Å²) in [7, 11) is 0. The maximum absolute atomic E-state index is 8.95. The maximum atomic E-state index is 8.95. The first kappa shape index (κ1) is 14.7. The van der Waals surface area contributed by atoms with E-state index in [0.717, 1.165) is 22.2 Å². The second-order valence-electron chi connectivity index (χ2n) is 4.66. The Balaban J connectivity index is 1.80. The fraction of sp³-hybridized carbons (Fsp3) is 0.0588. The van der Waals surface area contributed by atoms with Crippen molar-refractivity contribution >= 4 is 23.4 Å². The molecule has 22 heavy (non-hydrogen) atoms. The fourth-order valence-electron chi connectivity index (χ4n) is 2.10. The van der Waals surface area contributed by atoms with Crippen molar-refractivity contribution < 1.29 is 0 Å². The van der Waals surface area contributed by atoms with Crippen molar-refractivity contribution in [2.24, 2.45) is 0 Å². The lowest BCUT2D eigenvalue weighted by Crippen LogP contribution is -1.95. The number of hydrogen-bond acceptors (Lipinski definition) is 3. The van der Waals surface area contributed by atoms with E-state index in [9.17, 15) is 0 Å². The molecule has 0 bridgehead atoms. The molecule has 0 N–H and O–H groups in total. The van der Waals surface area contributed by atoms with Gasteiger partial charge in [-0.2, -0.15) is 5.26 Å². The Morgan fingerprint density at radius 1 is 1.18 bits per heavy atom. The topological polar surface area (TPSA) is 41.6 Å². The van der Waals surface area contributed by atoms with E-state index < -0.39 is 0 Å². The maximum Gasteiger partial charge on any atom is 0.172 e. The number of nitriles is 1. The van der Waals surface area contributed by atoms with Gasteiger partial charge in [0, 0.05) is 28.9 Å². The van der Waals surface area contributed by atoms with E-state index in [-0.39, 0.29) is 0 Å². The molecular weight excluding hydrogens is 314 g/mol. The minimum absolute atomic E-state index is 0.677. The van der Waals surface area contributed by atoms with Crippen LogP contribution >= 0.6 is 23.4 Å². The average Bonchev–Trinajstić information content (AvgIpc) is 3.02. The van der Waals surface area contributed by atoms with Crippen molar-refractivity contribution in [2.75, 3.05) is 0 Å². The van der Waals surface area contributed by atoms with Gasteiger partial charge in [-0.25, -0.2) is 4.98 Å². The molecule has 0 aliphatic heterocycles. The van der Waals surface area contributed by atoms with E-state index in [0.29, 0.717) is 10.6 Å². The van der Waals surface area contributed by atoms with Gasteiger partial charge >= 0.3 is 0 Å². The molecule has 0 aliphatic carbocycles. The molecule has 1 aromatic heterocycles. The van der Waals surface area contributed by atoms with Crippen LogP contribution in [0.5, 0.6) is 0 Å². The van der Waals surface area contributed by atoms with Crippen LogP contribution < -0.4 is 0 Å². The van der Waals surface area contributed by atoms with Crippen molar-refractivity contribution in [3.63, 3.8) is 0 Å². The summed E-state index contributed by atoms with van der Waals surface area (Å²) >= 11 is 7.68. The van der Waals surface area contributed by atoms with Gasteiger partial charge in [-0.05, 0) is 35.9 Å². The number of rotatable bonds is 4. The predicted molar refractivity (Wildman–Crippen MR) is 89.3 cm³/mol. The summed E-state index contributed by atoms with van der Waals surface area (Å²) < 4.78 is 2.00. The molecule has 5 heteroatoms. The molecule has 0 aliphatic rings. The Hall–Kier alpha value is -2.22. The van der Waals surface area contributed by atoms with E-state index in [1.165, 1.54) is 0 Å². The Kier molecular flexibility index (Phi) is 4.47. The molecule has 0 fully saturated rings. The van der Waals surface area contributed by atoms with Gasteiger partial charge in [0.15, 0.2) is 5.16 Å². The fourth-order valence-corrected chi connectivity index (χ4v) is 3.20. The van der Waals surface area contributed by atoms with Gasteiger partial charge in [-0.3, -0.25) is 4.57 Å². The van der Waals surface area contributed by atoms with Gasteiger partial charge in [0.05, 0.1) is 11.6 Å². The number of halogens is 1. The van der Waals surface area contributed by atoms with Crippen LogP contribution in [0.25, 0.3) is 5.69 Å². The van der Waals surface area contributed by atoms with E-state index >= 15 is 0 Å². The quantitative estimate of drug-likeness (QED) is 0.653. The molecule has 0 saturated carbocycles. The number of benzene rings is 2. The molecule has 108 valence electrons. The molecule has 0 atom stereocenters. The molecule has 0 amide bonds. The number of imidazole rings is 1. The Bertz CT molecular complexity index is 836. The number of nitrogens with zero attached hydrogens (tertiary/aromatic N) is 3. The van der Waals surface area contributed by atoms with E-state index in [4.69, 9.17) is 16.9 Å². The highest BCUT2D eigenvalue weighted by molar-refractivity contribution is 7.98. The van der Waals surface area contributed by atoms with Crippen LogP contribution in [0.4, 0.5) is 0 Å². The molecule has 0 saturated heterocycles. The van der Waals surface area contributed by atoms with Crippen molar-refractivity contribution in [3.8, 4) is 11.8 Å². The third kappa shape index (κ3) is 3.33. The molecular formula is C17H12ClN3S. The Labute approximate surface area is 138 Å². The van der Waals surface area contributed by atoms with Crippen LogP contribution in [0, 0.1) is 11.3 Å². The van der Waals surface area contributed by atoms with Crippen LogP contribution in [0.1, 0.15) is 11.1 Å². The highest BCUT2D eigenvalue weighted by atomic mass is 35.5. The summed E-state index contributed by atoms with van der Waals surface area (Å²) in [5.74, 6) is 0.757. The van der Waals surface area contributed by atoms with Gasteiger partial charge in [0.1, 0.15) is 0 Å². The van der Waals surface area contributed by atoms with Gasteiger partial charge in [-0.15, -0.1) is 0 Å². The largest absolute Gasteiger partial charge is 0.295 e. The molecule has 2 aromatic carbocycles. The van der Waals surface area contributed by atoms with Crippen LogP contribution in [0.15, 0.2) is 66.1 Å². The van der Waals surface area contributed by atoms with E-state index in [1.54, 1.807) is 24.0 Å². The third-order valence-electron chi connectivity index (χ3n) is 3.12. The second-order valence-corrected chi connectivity index (χ2v) is 6.04. The van der Waals surface area contributed by atoms with Gasteiger partial charge < -0.3 is 0 Å². The zero-order valence-corrected chi connectivity index (χ0v) is 13.2. The standard InChI is InChI=1S/C17H12ClN3S/c18-15-5-2-6-16(10-15)21-8-7-20-17(21)22-12-14-4-1-3-13(9-14)11-19/h1-10H,12H2. The predicted octanol–water partition coefficient (Wildman–Crippen LogP) is 4.69. The molecule has 0 unspecified atom stereocenters. The first-order valence-corrected chi connectivity index (χ1v) is 8.04. The average molecular weight is 326 g/mol. The molecule has 3 nitrogen and oxygen atoms in total. The molecule has 3 aromatic rings. The summed E-state index contributed by atoms with van der Waals surface area (Å²) in [5, 5.41) is 10.5. The van der Waals surface area contributed by atoms with Crippen molar-refractivity contribution in [1.29, 1.82) is 5.26 Å². The first-order chi connectivity index (χ1) is 10.8. The highest BCUT2D eigenvalue weighted by Crippen LogP contribution is 2.25. The van der Waals surface area contributed by atoms with E-state index in [1.807, 2.05) is 53.2 Å². The summed E-state index contributed by atoms with van der Waals surface area (Å²) in [4.78, 5) is 4.40.